The van der Waals surface area contributed by atoms with Crippen LogP contribution in [0, 0.1) is 19.8 Å². The summed E-state index contributed by atoms with van der Waals surface area (Å²) in [6, 6.07) is 13.2. The van der Waals surface area contributed by atoms with Crippen molar-refractivity contribution < 1.29 is 4.79 Å². The summed E-state index contributed by atoms with van der Waals surface area (Å²) in [6.45, 7) is 7.97. The molecular formula is C20H24N6O. The zero-order valence-corrected chi connectivity index (χ0v) is 16.0. The van der Waals surface area contributed by atoms with Crippen molar-refractivity contribution in [1.29, 1.82) is 0 Å². The van der Waals surface area contributed by atoms with E-state index >= 15 is 0 Å². The monoisotopic (exact) mass is 364 g/mol. The van der Waals surface area contributed by atoms with Gasteiger partial charge in [-0.1, -0.05) is 13.8 Å². The van der Waals surface area contributed by atoms with Gasteiger partial charge >= 0.3 is 0 Å². The maximum absolute atomic E-state index is 11.8. The smallest absolute Gasteiger partial charge is 0.224 e. The number of hydrogen-bond acceptors (Lipinski definition) is 5. The Balaban J connectivity index is 1.63. The number of nitrogens with zero attached hydrogens (tertiary/aromatic N) is 4. The van der Waals surface area contributed by atoms with Crippen molar-refractivity contribution in [2.24, 2.45) is 5.92 Å². The number of benzene rings is 1. The molecule has 3 rings (SSSR count). The number of anilines is 3. The molecular weight excluding hydrogens is 340 g/mol. The van der Waals surface area contributed by atoms with Gasteiger partial charge in [-0.15, -0.1) is 10.2 Å². The summed E-state index contributed by atoms with van der Waals surface area (Å²) in [7, 11) is 0. The van der Waals surface area contributed by atoms with Gasteiger partial charge in [-0.3, -0.25) is 4.79 Å². The molecule has 2 N–H and O–H groups in total. The summed E-state index contributed by atoms with van der Waals surface area (Å²) in [5.41, 5.74) is 3.59. The van der Waals surface area contributed by atoms with Gasteiger partial charge in [0.25, 0.3) is 0 Å². The first-order chi connectivity index (χ1) is 12.9. The minimum absolute atomic E-state index is 0.0244. The van der Waals surface area contributed by atoms with Gasteiger partial charge in [-0.25, -0.2) is 4.68 Å². The molecule has 140 valence electrons. The molecule has 3 aromatic rings. The van der Waals surface area contributed by atoms with Crippen molar-refractivity contribution in [1.82, 2.24) is 20.0 Å². The lowest BCUT2D eigenvalue weighted by Crippen LogP contribution is -2.13. The first-order valence-electron chi connectivity index (χ1n) is 8.95. The van der Waals surface area contributed by atoms with Crippen molar-refractivity contribution in [2.75, 3.05) is 10.6 Å². The number of amides is 1. The van der Waals surface area contributed by atoms with Gasteiger partial charge in [0.15, 0.2) is 11.6 Å². The third kappa shape index (κ3) is 4.91. The summed E-state index contributed by atoms with van der Waals surface area (Å²) in [5, 5.41) is 18.9. The molecule has 2 aromatic heterocycles. The molecule has 0 fully saturated rings. The number of carbonyl (C=O) groups is 1. The molecule has 0 saturated heterocycles. The highest BCUT2D eigenvalue weighted by Gasteiger charge is 2.07. The molecule has 0 aliphatic heterocycles. The lowest BCUT2D eigenvalue weighted by atomic mass is 10.1. The van der Waals surface area contributed by atoms with Gasteiger partial charge in [-0.2, -0.15) is 5.10 Å². The van der Waals surface area contributed by atoms with Crippen LogP contribution in [0.15, 0.2) is 42.5 Å². The van der Waals surface area contributed by atoms with Crippen molar-refractivity contribution in [3.63, 3.8) is 0 Å². The van der Waals surface area contributed by atoms with E-state index in [0.29, 0.717) is 24.0 Å². The van der Waals surface area contributed by atoms with E-state index in [1.807, 2.05) is 70.2 Å². The molecule has 0 aliphatic rings. The summed E-state index contributed by atoms with van der Waals surface area (Å²) >= 11 is 0. The Bertz CT molecular complexity index is 913. The van der Waals surface area contributed by atoms with Crippen LogP contribution in [0.2, 0.25) is 0 Å². The van der Waals surface area contributed by atoms with E-state index in [0.717, 1.165) is 22.8 Å². The second kappa shape index (κ2) is 7.99. The van der Waals surface area contributed by atoms with E-state index in [4.69, 9.17) is 0 Å². The first kappa shape index (κ1) is 18.6. The van der Waals surface area contributed by atoms with Gasteiger partial charge in [0.2, 0.25) is 5.91 Å². The fourth-order valence-electron chi connectivity index (χ4n) is 2.73. The van der Waals surface area contributed by atoms with Gasteiger partial charge < -0.3 is 10.6 Å². The Morgan fingerprint density at radius 2 is 1.74 bits per heavy atom. The SMILES string of the molecule is Cc1cc(C)n(-c2ccc(Nc3ccc(NC(=O)CC(C)C)cc3)nn2)n1. The highest BCUT2D eigenvalue weighted by atomic mass is 16.1. The molecule has 1 amide bonds. The van der Waals surface area contributed by atoms with Crippen molar-refractivity contribution in [2.45, 2.75) is 34.1 Å². The summed E-state index contributed by atoms with van der Waals surface area (Å²) in [6.07, 6.45) is 0.511. The van der Waals surface area contributed by atoms with E-state index in [1.165, 1.54) is 0 Å². The molecule has 1 aromatic carbocycles. The van der Waals surface area contributed by atoms with Crippen LogP contribution >= 0.6 is 0 Å². The summed E-state index contributed by atoms with van der Waals surface area (Å²) in [4.78, 5) is 11.8. The minimum Gasteiger partial charge on any atom is -0.339 e. The maximum Gasteiger partial charge on any atom is 0.224 e. The molecule has 0 saturated carbocycles. The standard InChI is InChI=1S/C20H24N6O/c1-13(2)11-20(27)22-17-7-5-16(6-8-17)21-18-9-10-19(24-23-18)26-15(4)12-14(3)25-26/h5-10,12-13H,11H2,1-4H3,(H,21,23)(H,22,27). The van der Waals surface area contributed by atoms with Gasteiger partial charge in [0.05, 0.1) is 5.69 Å². The summed E-state index contributed by atoms with van der Waals surface area (Å²) < 4.78 is 1.76. The van der Waals surface area contributed by atoms with Crippen molar-refractivity contribution in [3.05, 3.63) is 53.9 Å². The Morgan fingerprint density at radius 1 is 1.04 bits per heavy atom. The Kier molecular flexibility index (Phi) is 5.49. The van der Waals surface area contributed by atoms with Crippen molar-refractivity contribution >= 4 is 23.1 Å². The van der Waals surface area contributed by atoms with Crippen LogP contribution in [-0.4, -0.2) is 25.9 Å². The van der Waals surface area contributed by atoms with E-state index in [9.17, 15) is 4.79 Å². The van der Waals surface area contributed by atoms with Crippen LogP contribution in [0.1, 0.15) is 31.7 Å². The molecule has 0 bridgehead atoms. The minimum atomic E-state index is 0.0244. The Labute approximate surface area is 158 Å². The van der Waals surface area contributed by atoms with Gasteiger partial charge in [0, 0.05) is 23.5 Å². The van der Waals surface area contributed by atoms with Crippen LogP contribution in [0.25, 0.3) is 5.82 Å². The number of hydrogen-bond donors (Lipinski definition) is 2. The molecule has 0 atom stereocenters. The van der Waals surface area contributed by atoms with Crippen LogP contribution in [0.3, 0.4) is 0 Å². The zero-order valence-electron chi connectivity index (χ0n) is 16.0. The second-order valence-corrected chi connectivity index (χ2v) is 6.96. The maximum atomic E-state index is 11.8. The van der Waals surface area contributed by atoms with Crippen molar-refractivity contribution in [3.8, 4) is 5.82 Å². The Morgan fingerprint density at radius 3 is 2.30 bits per heavy atom. The van der Waals surface area contributed by atoms with E-state index in [-0.39, 0.29) is 5.91 Å². The van der Waals surface area contributed by atoms with Gasteiger partial charge in [-0.05, 0) is 62.2 Å². The molecule has 0 spiro atoms. The highest BCUT2D eigenvalue weighted by Crippen LogP contribution is 2.18. The zero-order chi connectivity index (χ0) is 19.4. The highest BCUT2D eigenvalue weighted by molar-refractivity contribution is 5.91. The number of carbonyl (C=O) groups excluding carboxylic acids is 1. The molecule has 0 radical (unpaired) electrons. The number of nitrogens with one attached hydrogen (secondary N) is 2. The fraction of sp³-hybridized carbons (Fsp3) is 0.300. The predicted molar refractivity (Wildman–Crippen MR) is 106 cm³/mol. The molecule has 7 heteroatoms. The molecule has 0 aliphatic carbocycles. The Hall–Kier alpha value is -3.22. The molecule has 0 unspecified atom stereocenters. The third-order valence-corrected chi connectivity index (χ3v) is 3.91. The third-order valence-electron chi connectivity index (χ3n) is 3.91. The van der Waals surface area contributed by atoms with E-state index in [2.05, 4.69) is 25.9 Å². The van der Waals surface area contributed by atoms with Crippen LogP contribution < -0.4 is 10.6 Å². The normalized spacial score (nSPS) is 10.9. The first-order valence-corrected chi connectivity index (χ1v) is 8.95. The van der Waals surface area contributed by atoms with Crippen LogP contribution in [-0.2, 0) is 4.79 Å². The topological polar surface area (TPSA) is 84.7 Å². The molecule has 2 heterocycles. The lowest BCUT2D eigenvalue weighted by Gasteiger charge is -2.09. The fourth-order valence-corrected chi connectivity index (χ4v) is 2.73. The number of aromatic nitrogens is 4. The van der Waals surface area contributed by atoms with Crippen LogP contribution in [0.5, 0.6) is 0 Å². The largest absolute Gasteiger partial charge is 0.339 e. The van der Waals surface area contributed by atoms with E-state index in [1.54, 1.807) is 4.68 Å². The number of aryl methyl sites for hydroxylation is 2. The van der Waals surface area contributed by atoms with Gasteiger partial charge in [0.1, 0.15) is 0 Å². The number of rotatable bonds is 6. The summed E-state index contributed by atoms with van der Waals surface area (Å²) in [5.74, 6) is 1.67. The molecule has 7 nitrogen and oxygen atoms in total. The average molecular weight is 364 g/mol. The molecule has 27 heavy (non-hydrogen) atoms. The lowest BCUT2D eigenvalue weighted by molar-refractivity contribution is -0.116. The average Bonchev–Trinajstić information content (AvgIpc) is 2.95. The van der Waals surface area contributed by atoms with E-state index < -0.39 is 0 Å². The van der Waals surface area contributed by atoms with Crippen LogP contribution in [0.4, 0.5) is 17.2 Å². The quantitative estimate of drug-likeness (QED) is 0.690. The predicted octanol–water partition coefficient (Wildman–Crippen LogP) is 4.01. The second-order valence-electron chi connectivity index (χ2n) is 6.96.